The van der Waals surface area contributed by atoms with Gasteiger partial charge in [-0.25, -0.2) is 5.10 Å². The largest absolute Gasteiger partial charge is 0.507 e. The van der Waals surface area contributed by atoms with Gasteiger partial charge in [-0.15, -0.1) is 0 Å². The van der Waals surface area contributed by atoms with E-state index in [1.807, 2.05) is 13.0 Å². The highest BCUT2D eigenvalue weighted by Gasteiger charge is 2.11. The number of halogens is 1. The van der Waals surface area contributed by atoms with Gasteiger partial charge >= 0.3 is 0 Å². The van der Waals surface area contributed by atoms with Gasteiger partial charge in [0.05, 0.1) is 6.21 Å². The lowest BCUT2D eigenvalue weighted by Crippen LogP contribution is -2.06. The van der Waals surface area contributed by atoms with E-state index in [-0.39, 0.29) is 12.4 Å². The maximum Gasteiger partial charge on any atom is 0.216 e. The zero-order chi connectivity index (χ0) is 20.3. The molecule has 3 rings (SSSR count). The van der Waals surface area contributed by atoms with Crippen LogP contribution >= 0.6 is 23.8 Å². The summed E-state index contributed by atoms with van der Waals surface area (Å²) < 4.78 is 7.80. The first-order chi connectivity index (χ1) is 13.3. The lowest BCUT2D eigenvalue weighted by atomic mass is 10.0. The number of hydrogen-bond donors (Lipinski definition) is 2. The normalized spacial score (nSPS) is 11.5. The van der Waals surface area contributed by atoms with Crippen LogP contribution in [0.2, 0.25) is 5.02 Å². The Labute approximate surface area is 173 Å². The number of aryl methyl sites for hydroxylation is 1. The van der Waals surface area contributed by atoms with Crippen LogP contribution in [0.15, 0.2) is 41.5 Å². The molecule has 2 aromatic carbocycles. The van der Waals surface area contributed by atoms with Gasteiger partial charge in [-0.3, -0.25) is 0 Å². The van der Waals surface area contributed by atoms with Gasteiger partial charge in [-0.2, -0.15) is 14.9 Å². The van der Waals surface area contributed by atoms with Gasteiger partial charge in [0.25, 0.3) is 0 Å². The zero-order valence-corrected chi connectivity index (χ0v) is 17.4. The Morgan fingerprint density at radius 3 is 2.86 bits per heavy atom. The molecule has 0 aliphatic rings. The van der Waals surface area contributed by atoms with Crippen LogP contribution in [0.25, 0.3) is 0 Å². The predicted molar refractivity (Wildman–Crippen MR) is 113 cm³/mol. The second-order valence-corrected chi connectivity index (χ2v) is 7.51. The topological polar surface area (TPSA) is 75.4 Å². The number of hydrogen-bond acceptors (Lipinski definition) is 5. The fourth-order valence-electron chi connectivity index (χ4n) is 2.67. The van der Waals surface area contributed by atoms with Crippen LogP contribution in [0.3, 0.4) is 0 Å². The third kappa shape index (κ3) is 4.61. The Kier molecular flexibility index (Phi) is 6.16. The maximum absolute atomic E-state index is 9.93. The molecule has 0 aliphatic heterocycles. The van der Waals surface area contributed by atoms with Gasteiger partial charge in [-0.05, 0) is 60.5 Å². The molecule has 2 N–H and O–H groups in total. The number of nitrogens with one attached hydrogen (secondary N) is 1. The molecule has 0 bridgehead atoms. The summed E-state index contributed by atoms with van der Waals surface area (Å²) in [5, 5.41) is 21.7. The van der Waals surface area contributed by atoms with Crippen LogP contribution in [0.5, 0.6) is 11.5 Å². The highest BCUT2D eigenvalue weighted by molar-refractivity contribution is 7.71. The van der Waals surface area contributed by atoms with Gasteiger partial charge in [0, 0.05) is 10.6 Å². The van der Waals surface area contributed by atoms with Crippen molar-refractivity contribution in [2.45, 2.75) is 33.3 Å². The van der Waals surface area contributed by atoms with E-state index in [0.29, 0.717) is 27.1 Å². The number of phenols is 1. The van der Waals surface area contributed by atoms with Crippen molar-refractivity contribution >= 4 is 30.0 Å². The van der Waals surface area contributed by atoms with Crippen molar-refractivity contribution in [3.05, 3.63) is 68.7 Å². The molecule has 0 saturated carbocycles. The molecule has 0 unspecified atom stereocenters. The average molecular weight is 417 g/mol. The first kappa shape index (κ1) is 20.1. The fraction of sp³-hybridized carbons (Fsp3) is 0.250. The smallest absolute Gasteiger partial charge is 0.216 e. The summed E-state index contributed by atoms with van der Waals surface area (Å²) in [7, 11) is 0. The highest BCUT2D eigenvalue weighted by atomic mass is 35.5. The van der Waals surface area contributed by atoms with Crippen molar-refractivity contribution in [3.63, 3.8) is 0 Å². The zero-order valence-electron chi connectivity index (χ0n) is 15.8. The Bertz CT molecular complexity index is 1070. The Balaban J connectivity index is 1.84. The molecule has 1 aromatic heterocycles. The van der Waals surface area contributed by atoms with Crippen molar-refractivity contribution < 1.29 is 9.84 Å². The molecule has 28 heavy (non-hydrogen) atoms. The van der Waals surface area contributed by atoms with Gasteiger partial charge in [-0.1, -0.05) is 37.6 Å². The quantitative estimate of drug-likeness (QED) is 0.428. The molecule has 0 amide bonds. The molecule has 8 heteroatoms. The number of aromatic nitrogens is 3. The number of phenolic OH excluding ortho intramolecular Hbond substituents is 1. The summed E-state index contributed by atoms with van der Waals surface area (Å²) in [5.41, 5.74) is 2.72. The summed E-state index contributed by atoms with van der Waals surface area (Å²) in [4.78, 5) is 0. The van der Waals surface area contributed by atoms with Crippen LogP contribution < -0.4 is 4.74 Å². The second-order valence-electron chi connectivity index (χ2n) is 6.69. The average Bonchev–Trinajstić information content (AvgIpc) is 3.00. The van der Waals surface area contributed by atoms with Crippen LogP contribution in [-0.2, 0) is 6.61 Å². The standard InChI is InChI=1S/C20H21ClN4O2S/c1-12(2)16-6-4-13(3)8-18(16)27-11-19-23-24-20(28)25(19)22-10-14-9-15(21)5-7-17(14)26/h4-10,12,26H,11H2,1-3H3,(H,24,28)/b22-10+. The number of benzene rings is 2. The number of aromatic hydroxyl groups is 1. The van der Waals surface area contributed by atoms with E-state index in [1.54, 1.807) is 12.1 Å². The van der Waals surface area contributed by atoms with Crippen LogP contribution in [0.4, 0.5) is 0 Å². The second kappa shape index (κ2) is 8.58. The molecule has 0 spiro atoms. The molecule has 0 saturated heterocycles. The summed E-state index contributed by atoms with van der Waals surface area (Å²) >= 11 is 11.2. The van der Waals surface area contributed by atoms with E-state index >= 15 is 0 Å². The SMILES string of the molecule is Cc1ccc(C(C)C)c(OCc2n[nH]c(=S)n2/N=C/c2cc(Cl)ccc2O)c1. The minimum Gasteiger partial charge on any atom is -0.507 e. The Hall–Kier alpha value is -2.64. The number of rotatable bonds is 6. The summed E-state index contributed by atoms with van der Waals surface area (Å²) in [6, 6.07) is 10.9. The van der Waals surface area contributed by atoms with Gasteiger partial charge in [0.15, 0.2) is 5.82 Å². The van der Waals surface area contributed by atoms with E-state index in [4.69, 9.17) is 28.6 Å². The van der Waals surface area contributed by atoms with Gasteiger partial charge in [0.2, 0.25) is 4.77 Å². The molecule has 0 radical (unpaired) electrons. The third-order valence-corrected chi connectivity index (χ3v) is 4.67. The number of aromatic amines is 1. The first-order valence-corrected chi connectivity index (χ1v) is 9.56. The van der Waals surface area contributed by atoms with Crippen molar-refractivity contribution in [1.29, 1.82) is 0 Å². The molecular weight excluding hydrogens is 396 g/mol. The molecule has 3 aromatic rings. The fourth-order valence-corrected chi connectivity index (χ4v) is 3.05. The molecular formula is C20H21ClN4O2S. The molecule has 0 fully saturated rings. The van der Waals surface area contributed by atoms with Gasteiger partial charge in [0.1, 0.15) is 18.1 Å². The van der Waals surface area contributed by atoms with Gasteiger partial charge < -0.3 is 9.84 Å². The molecule has 0 atom stereocenters. The summed E-state index contributed by atoms with van der Waals surface area (Å²) in [6.07, 6.45) is 1.47. The minimum absolute atomic E-state index is 0.0716. The lowest BCUT2D eigenvalue weighted by molar-refractivity contribution is 0.286. The van der Waals surface area contributed by atoms with Crippen molar-refractivity contribution in [3.8, 4) is 11.5 Å². The third-order valence-electron chi connectivity index (χ3n) is 4.17. The van der Waals surface area contributed by atoms with Crippen LogP contribution in [0, 0.1) is 11.7 Å². The lowest BCUT2D eigenvalue weighted by Gasteiger charge is -2.14. The predicted octanol–water partition coefficient (Wildman–Crippen LogP) is 5.19. The first-order valence-electron chi connectivity index (χ1n) is 8.77. The maximum atomic E-state index is 9.93. The van der Waals surface area contributed by atoms with Crippen LogP contribution in [0.1, 0.15) is 42.3 Å². The monoisotopic (exact) mass is 416 g/mol. The van der Waals surface area contributed by atoms with E-state index in [1.165, 1.54) is 17.0 Å². The van der Waals surface area contributed by atoms with E-state index in [9.17, 15) is 5.11 Å². The molecule has 1 heterocycles. The van der Waals surface area contributed by atoms with E-state index in [0.717, 1.165) is 16.9 Å². The number of H-pyrrole nitrogens is 1. The minimum atomic E-state index is 0.0716. The molecule has 0 aliphatic carbocycles. The van der Waals surface area contributed by atoms with E-state index < -0.39 is 0 Å². The highest BCUT2D eigenvalue weighted by Crippen LogP contribution is 2.28. The Morgan fingerprint density at radius 1 is 1.32 bits per heavy atom. The Morgan fingerprint density at radius 2 is 2.11 bits per heavy atom. The summed E-state index contributed by atoms with van der Waals surface area (Å²) in [6.45, 7) is 6.45. The van der Waals surface area contributed by atoms with Crippen LogP contribution in [-0.4, -0.2) is 26.2 Å². The summed E-state index contributed by atoms with van der Waals surface area (Å²) in [5.74, 6) is 1.73. The molecule has 6 nitrogen and oxygen atoms in total. The van der Waals surface area contributed by atoms with Crippen molar-refractivity contribution in [2.24, 2.45) is 5.10 Å². The van der Waals surface area contributed by atoms with Crippen molar-refractivity contribution in [1.82, 2.24) is 14.9 Å². The number of ether oxygens (including phenoxy) is 1. The van der Waals surface area contributed by atoms with E-state index in [2.05, 4.69) is 41.3 Å². The molecule has 146 valence electrons. The van der Waals surface area contributed by atoms with Crippen molar-refractivity contribution in [2.75, 3.05) is 0 Å². The number of nitrogens with zero attached hydrogens (tertiary/aromatic N) is 3.